The highest BCUT2D eigenvalue weighted by molar-refractivity contribution is 7.90. The second-order valence-corrected chi connectivity index (χ2v) is 5.59. The standard InChI is InChI=1S/C13H8ClNO3S/c14-12-8-4-7-11(10-5-2-1-3-6-10)13(12)19(17,18)15-9-16/h1-8H. The van der Waals surface area contributed by atoms with Crippen molar-refractivity contribution in [1.29, 1.82) is 0 Å². The van der Waals surface area contributed by atoms with E-state index in [1.807, 2.05) is 6.07 Å². The van der Waals surface area contributed by atoms with E-state index in [9.17, 15) is 13.2 Å². The van der Waals surface area contributed by atoms with Crippen molar-refractivity contribution in [2.45, 2.75) is 4.90 Å². The predicted molar refractivity (Wildman–Crippen MR) is 72.2 cm³/mol. The number of hydrogen-bond acceptors (Lipinski definition) is 3. The molecular weight excluding hydrogens is 286 g/mol. The minimum atomic E-state index is -4.15. The van der Waals surface area contributed by atoms with Crippen LogP contribution in [0.3, 0.4) is 0 Å². The third kappa shape index (κ3) is 2.74. The lowest BCUT2D eigenvalue weighted by Gasteiger charge is -2.08. The van der Waals surface area contributed by atoms with Crippen LogP contribution in [0, 0.1) is 0 Å². The maximum absolute atomic E-state index is 11.9. The van der Waals surface area contributed by atoms with Crippen molar-refractivity contribution >= 4 is 27.7 Å². The van der Waals surface area contributed by atoms with Crippen LogP contribution in [0.15, 0.2) is 57.8 Å². The van der Waals surface area contributed by atoms with Crippen LogP contribution in [-0.2, 0) is 14.8 Å². The van der Waals surface area contributed by atoms with Crippen LogP contribution in [0.4, 0.5) is 0 Å². The lowest BCUT2D eigenvalue weighted by Crippen LogP contribution is -2.00. The molecule has 96 valence electrons. The molecule has 0 bridgehead atoms. The third-order valence-electron chi connectivity index (χ3n) is 2.47. The summed E-state index contributed by atoms with van der Waals surface area (Å²) < 4.78 is 26.7. The molecule has 0 unspecified atom stereocenters. The predicted octanol–water partition coefficient (Wildman–Crippen LogP) is 3.03. The largest absolute Gasteiger partial charge is 0.294 e. The number of sulfonamides is 1. The second kappa shape index (κ2) is 5.36. The SMILES string of the molecule is O=C=NS(=O)(=O)c1c(Cl)cccc1-c1ccccc1. The third-order valence-corrected chi connectivity index (χ3v) is 4.16. The van der Waals surface area contributed by atoms with Crippen molar-refractivity contribution in [2.24, 2.45) is 4.40 Å². The van der Waals surface area contributed by atoms with Gasteiger partial charge in [-0.05, 0) is 11.6 Å². The van der Waals surface area contributed by atoms with Gasteiger partial charge < -0.3 is 0 Å². The first kappa shape index (κ1) is 13.5. The number of nitrogens with zero attached hydrogens (tertiary/aromatic N) is 1. The first-order valence-corrected chi connectivity index (χ1v) is 7.06. The van der Waals surface area contributed by atoms with E-state index in [1.165, 1.54) is 6.07 Å². The topological polar surface area (TPSA) is 63.6 Å². The quantitative estimate of drug-likeness (QED) is 0.645. The molecule has 0 N–H and O–H groups in total. The molecule has 0 atom stereocenters. The normalized spacial score (nSPS) is 10.8. The molecule has 0 saturated carbocycles. The molecule has 6 heteroatoms. The minimum absolute atomic E-state index is 0.0142. The van der Waals surface area contributed by atoms with Gasteiger partial charge in [-0.1, -0.05) is 58.5 Å². The first-order valence-electron chi connectivity index (χ1n) is 5.24. The van der Waals surface area contributed by atoms with E-state index in [4.69, 9.17) is 11.6 Å². The zero-order valence-corrected chi connectivity index (χ0v) is 11.1. The van der Waals surface area contributed by atoms with E-state index in [0.717, 1.165) is 6.08 Å². The van der Waals surface area contributed by atoms with Gasteiger partial charge in [0.2, 0.25) is 0 Å². The van der Waals surface area contributed by atoms with Crippen molar-refractivity contribution in [3.05, 3.63) is 53.6 Å². The van der Waals surface area contributed by atoms with Gasteiger partial charge in [0, 0.05) is 5.56 Å². The van der Waals surface area contributed by atoms with Crippen LogP contribution in [-0.4, -0.2) is 14.5 Å². The maximum Gasteiger partial charge on any atom is 0.294 e. The Morgan fingerprint density at radius 2 is 1.68 bits per heavy atom. The Morgan fingerprint density at radius 1 is 1.00 bits per heavy atom. The maximum atomic E-state index is 11.9. The Morgan fingerprint density at radius 3 is 2.32 bits per heavy atom. The summed E-state index contributed by atoms with van der Waals surface area (Å²) in [5, 5.41) is 0.0142. The van der Waals surface area contributed by atoms with Gasteiger partial charge in [-0.3, -0.25) is 0 Å². The Labute approximate surface area is 115 Å². The van der Waals surface area contributed by atoms with Crippen LogP contribution in [0.2, 0.25) is 5.02 Å². The van der Waals surface area contributed by atoms with E-state index in [1.54, 1.807) is 36.4 Å². The van der Waals surface area contributed by atoms with Crippen LogP contribution >= 0.6 is 11.6 Å². The Bertz CT molecular complexity index is 751. The van der Waals surface area contributed by atoms with Gasteiger partial charge >= 0.3 is 0 Å². The molecule has 0 aliphatic rings. The summed E-state index contributed by atoms with van der Waals surface area (Å²) in [7, 11) is -4.15. The van der Waals surface area contributed by atoms with Crippen molar-refractivity contribution in [3.8, 4) is 11.1 Å². The smallest absolute Gasteiger partial charge is 0.210 e. The van der Waals surface area contributed by atoms with Crippen LogP contribution in [0.25, 0.3) is 11.1 Å². The fraction of sp³-hybridized carbons (Fsp3) is 0. The lowest BCUT2D eigenvalue weighted by molar-refractivity contribution is 0.563. The van der Waals surface area contributed by atoms with Crippen molar-refractivity contribution < 1.29 is 13.2 Å². The number of rotatable bonds is 3. The summed E-state index contributed by atoms with van der Waals surface area (Å²) in [6.45, 7) is 0. The molecule has 4 nitrogen and oxygen atoms in total. The second-order valence-electron chi connectivity index (χ2n) is 3.64. The first-order chi connectivity index (χ1) is 9.06. The molecule has 0 radical (unpaired) electrons. The highest BCUT2D eigenvalue weighted by Crippen LogP contribution is 2.33. The number of benzene rings is 2. The van der Waals surface area contributed by atoms with E-state index in [-0.39, 0.29) is 9.92 Å². The van der Waals surface area contributed by atoms with Gasteiger partial charge in [-0.15, -0.1) is 0 Å². The molecule has 19 heavy (non-hydrogen) atoms. The molecule has 0 amide bonds. The average Bonchev–Trinajstić information content (AvgIpc) is 2.39. The number of halogens is 1. The molecular formula is C13H8ClNO3S. The van der Waals surface area contributed by atoms with E-state index >= 15 is 0 Å². The highest BCUT2D eigenvalue weighted by atomic mass is 35.5. The van der Waals surface area contributed by atoms with E-state index in [2.05, 4.69) is 4.40 Å². The van der Waals surface area contributed by atoms with Crippen molar-refractivity contribution in [3.63, 3.8) is 0 Å². The van der Waals surface area contributed by atoms with Gasteiger partial charge in [0.05, 0.1) is 5.02 Å². The Kier molecular flexibility index (Phi) is 3.81. The monoisotopic (exact) mass is 293 g/mol. The summed E-state index contributed by atoms with van der Waals surface area (Å²) in [6, 6.07) is 13.5. The summed E-state index contributed by atoms with van der Waals surface area (Å²) in [6.07, 6.45) is 1.04. The van der Waals surface area contributed by atoms with Crippen molar-refractivity contribution in [2.75, 3.05) is 0 Å². The molecule has 2 aromatic carbocycles. The van der Waals surface area contributed by atoms with E-state index < -0.39 is 10.0 Å². The zero-order valence-electron chi connectivity index (χ0n) is 9.58. The lowest BCUT2D eigenvalue weighted by atomic mass is 10.1. The van der Waals surface area contributed by atoms with E-state index in [0.29, 0.717) is 11.1 Å². The molecule has 0 aliphatic heterocycles. The number of hydrogen-bond donors (Lipinski definition) is 0. The molecule has 0 aromatic heterocycles. The number of carbonyl (C=O) groups excluding carboxylic acids is 1. The minimum Gasteiger partial charge on any atom is -0.210 e. The van der Waals surface area contributed by atoms with Gasteiger partial charge in [-0.2, -0.15) is 8.42 Å². The highest BCUT2D eigenvalue weighted by Gasteiger charge is 2.22. The van der Waals surface area contributed by atoms with Crippen molar-refractivity contribution in [1.82, 2.24) is 0 Å². The molecule has 0 saturated heterocycles. The average molecular weight is 294 g/mol. The van der Waals surface area contributed by atoms with Gasteiger partial charge in [0.15, 0.2) is 0 Å². The molecule has 0 aliphatic carbocycles. The Hall–Kier alpha value is -1.94. The molecule has 2 rings (SSSR count). The molecule has 0 heterocycles. The van der Waals surface area contributed by atoms with Gasteiger partial charge in [0.25, 0.3) is 16.1 Å². The summed E-state index contributed by atoms with van der Waals surface area (Å²) >= 11 is 5.93. The fourth-order valence-corrected chi connectivity index (χ4v) is 3.15. The number of isocyanates is 1. The van der Waals surface area contributed by atoms with Gasteiger partial charge in [0.1, 0.15) is 4.90 Å². The Balaban J connectivity index is 2.78. The molecule has 0 spiro atoms. The van der Waals surface area contributed by atoms with Crippen LogP contribution in [0.1, 0.15) is 0 Å². The summed E-state index contributed by atoms with van der Waals surface area (Å²) in [5.74, 6) is 0. The zero-order chi connectivity index (χ0) is 13.9. The summed E-state index contributed by atoms with van der Waals surface area (Å²) in [5.41, 5.74) is 1.07. The molecule has 2 aromatic rings. The van der Waals surface area contributed by atoms with Crippen LogP contribution in [0.5, 0.6) is 0 Å². The van der Waals surface area contributed by atoms with Crippen LogP contribution < -0.4 is 0 Å². The summed E-state index contributed by atoms with van der Waals surface area (Å²) in [4.78, 5) is 10.1. The molecule has 0 fully saturated rings. The fourth-order valence-electron chi connectivity index (χ4n) is 1.71. The van der Waals surface area contributed by atoms with Gasteiger partial charge in [-0.25, -0.2) is 4.79 Å².